The van der Waals surface area contributed by atoms with Crippen LogP contribution in [-0.2, 0) is 0 Å². The largest absolute Gasteiger partial charge is 0.478 e. The van der Waals surface area contributed by atoms with E-state index < -0.39 is 11.9 Å². The molecule has 0 saturated heterocycles. The fourth-order valence-electron chi connectivity index (χ4n) is 3.09. The standard InChI is InChI=1S/C26H26O4S/c1-2-3-4-5-18-31-24-16-12-20(13-17-24)19-6-8-22(9-7-19)26(29)30-23-14-10-21(11-15-23)25(27)28/h6-17H,2-5,18H2,1H3,(H,27,28). The maximum Gasteiger partial charge on any atom is 0.343 e. The molecule has 0 radical (unpaired) electrons. The quantitative estimate of drug-likeness (QED) is 0.162. The van der Waals surface area contributed by atoms with Gasteiger partial charge >= 0.3 is 11.9 Å². The molecule has 3 aromatic rings. The van der Waals surface area contributed by atoms with E-state index in [1.165, 1.54) is 54.8 Å². The van der Waals surface area contributed by atoms with Gasteiger partial charge in [-0.05, 0) is 71.8 Å². The molecule has 0 unspecified atom stereocenters. The van der Waals surface area contributed by atoms with E-state index in [0.717, 1.165) is 16.9 Å². The van der Waals surface area contributed by atoms with Gasteiger partial charge in [0.25, 0.3) is 0 Å². The Bertz CT molecular complexity index is 993. The number of ether oxygens (including phenoxy) is 1. The molecule has 0 aromatic heterocycles. The van der Waals surface area contributed by atoms with Gasteiger partial charge in [0.05, 0.1) is 11.1 Å². The molecule has 0 spiro atoms. The van der Waals surface area contributed by atoms with E-state index >= 15 is 0 Å². The maximum atomic E-state index is 12.4. The normalized spacial score (nSPS) is 10.6. The molecule has 160 valence electrons. The lowest BCUT2D eigenvalue weighted by molar-refractivity contribution is 0.0696. The molecule has 0 aliphatic carbocycles. The summed E-state index contributed by atoms with van der Waals surface area (Å²) in [6.07, 6.45) is 5.11. The molecule has 0 atom stereocenters. The molecule has 4 nitrogen and oxygen atoms in total. The Labute approximate surface area is 187 Å². The van der Waals surface area contributed by atoms with Gasteiger partial charge in [-0.3, -0.25) is 0 Å². The molecule has 0 amide bonds. The minimum Gasteiger partial charge on any atom is -0.478 e. The van der Waals surface area contributed by atoms with E-state index in [1.807, 2.05) is 23.9 Å². The summed E-state index contributed by atoms with van der Waals surface area (Å²) in [6, 6.07) is 21.5. The highest BCUT2D eigenvalue weighted by Crippen LogP contribution is 2.26. The minimum absolute atomic E-state index is 0.144. The smallest absolute Gasteiger partial charge is 0.343 e. The zero-order valence-electron chi connectivity index (χ0n) is 17.5. The van der Waals surface area contributed by atoms with Crippen LogP contribution in [0.25, 0.3) is 11.1 Å². The van der Waals surface area contributed by atoms with Gasteiger partial charge in [-0.15, -0.1) is 11.8 Å². The molecule has 1 N–H and O–H groups in total. The average molecular weight is 435 g/mol. The zero-order chi connectivity index (χ0) is 22.1. The van der Waals surface area contributed by atoms with Crippen LogP contribution in [0.4, 0.5) is 0 Å². The second-order valence-corrected chi connectivity index (χ2v) is 8.40. The topological polar surface area (TPSA) is 63.6 Å². The number of esters is 1. The Morgan fingerprint density at radius 1 is 0.774 bits per heavy atom. The number of carbonyl (C=O) groups excluding carboxylic acids is 1. The van der Waals surface area contributed by atoms with Crippen LogP contribution in [0.5, 0.6) is 5.75 Å². The molecule has 31 heavy (non-hydrogen) atoms. The van der Waals surface area contributed by atoms with Crippen LogP contribution in [-0.4, -0.2) is 22.8 Å². The highest BCUT2D eigenvalue weighted by molar-refractivity contribution is 7.99. The van der Waals surface area contributed by atoms with E-state index in [9.17, 15) is 9.59 Å². The van der Waals surface area contributed by atoms with Crippen LogP contribution in [0, 0.1) is 0 Å². The van der Waals surface area contributed by atoms with Gasteiger partial charge in [-0.2, -0.15) is 0 Å². The van der Waals surface area contributed by atoms with Crippen molar-refractivity contribution in [3.8, 4) is 16.9 Å². The zero-order valence-corrected chi connectivity index (χ0v) is 18.4. The summed E-state index contributed by atoms with van der Waals surface area (Å²) in [7, 11) is 0. The van der Waals surface area contributed by atoms with E-state index in [4.69, 9.17) is 9.84 Å². The van der Waals surface area contributed by atoms with Crippen molar-refractivity contribution in [3.05, 3.63) is 83.9 Å². The van der Waals surface area contributed by atoms with Gasteiger partial charge < -0.3 is 9.84 Å². The first-order chi connectivity index (χ1) is 15.1. The third kappa shape index (κ3) is 6.72. The number of unbranched alkanes of at least 4 members (excludes halogenated alkanes) is 3. The molecule has 0 fully saturated rings. The predicted octanol–water partition coefficient (Wildman–Crippen LogP) is 6.94. The van der Waals surface area contributed by atoms with Gasteiger partial charge in [-0.1, -0.05) is 50.5 Å². The molecule has 0 bridgehead atoms. The lowest BCUT2D eigenvalue weighted by Gasteiger charge is -2.07. The average Bonchev–Trinajstić information content (AvgIpc) is 2.80. The highest BCUT2D eigenvalue weighted by Gasteiger charge is 2.10. The Kier molecular flexibility index (Phi) is 8.30. The summed E-state index contributed by atoms with van der Waals surface area (Å²) in [4.78, 5) is 24.5. The van der Waals surface area contributed by atoms with Crippen molar-refractivity contribution in [1.82, 2.24) is 0 Å². The van der Waals surface area contributed by atoms with Gasteiger partial charge in [-0.25, -0.2) is 9.59 Å². The Morgan fingerprint density at radius 3 is 1.94 bits per heavy atom. The number of hydrogen-bond donors (Lipinski definition) is 1. The second-order valence-electron chi connectivity index (χ2n) is 7.23. The molecule has 3 rings (SSSR count). The third-order valence-corrected chi connectivity index (χ3v) is 5.98. The fourth-order valence-corrected chi connectivity index (χ4v) is 4.01. The Hall–Kier alpha value is -3.05. The first-order valence-electron chi connectivity index (χ1n) is 10.5. The second kappa shape index (κ2) is 11.4. The number of benzene rings is 3. The van der Waals surface area contributed by atoms with Crippen LogP contribution < -0.4 is 4.74 Å². The fraction of sp³-hybridized carbons (Fsp3) is 0.231. The van der Waals surface area contributed by atoms with E-state index in [2.05, 4.69) is 31.2 Å². The maximum absolute atomic E-state index is 12.4. The SMILES string of the molecule is CCCCCCSc1ccc(-c2ccc(C(=O)Oc3ccc(C(=O)O)cc3)cc2)cc1. The first kappa shape index (κ1) is 22.6. The molecular weight excluding hydrogens is 408 g/mol. The summed E-state index contributed by atoms with van der Waals surface area (Å²) < 4.78 is 5.32. The first-order valence-corrected chi connectivity index (χ1v) is 11.4. The summed E-state index contributed by atoms with van der Waals surface area (Å²) in [5, 5.41) is 8.93. The summed E-state index contributed by atoms with van der Waals surface area (Å²) in [5.74, 6) is -0.0479. The third-order valence-electron chi connectivity index (χ3n) is 4.89. The molecular formula is C26H26O4S. The molecule has 0 aliphatic heterocycles. The van der Waals surface area contributed by atoms with Gasteiger partial charge in [0.2, 0.25) is 0 Å². The number of rotatable bonds is 10. The number of carboxylic acid groups (broad SMARTS) is 1. The molecule has 0 aliphatic rings. The molecule has 0 heterocycles. The van der Waals surface area contributed by atoms with E-state index in [0.29, 0.717) is 11.3 Å². The molecule has 0 saturated carbocycles. The van der Waals surface area contributed by atoms with Crippen LogP contribution in [0.3, 0.4) is 0 Å². The van der Waals surface area contributed by atoms with E-state index in [1.54, 1.807) is 12.1 Å². The van der Waals surface area contributed by atoms with Crippen molar-refractivity contribution in [1.29, 1.82) is 0 Å². The van der Waals surface area contributed by atoms with Crippen molar-refractivity contribution in [3.63, 3.8) is 0 Å². The van der Waals surface area contributed by atoms with Gasteiger partial charge in [0.15, 0.2) is 0 Å². The number of carboxylic acids is 1. The number of hydrogen-bond acceptors (Lipinski definition) is 4. The van der Waals surface area contributed by atoms with E-state index in [-0.39, 0.29) is 5.56 Å². The number of thioether (sulfide) groups is 1. The lowest BCUT2D eigenvalue weighted by atomic mass is 10.0. The van der Waals surface area contributed by atoms with Crippen molar-refractivity contribution in [2.45, 2.75) is 37.5 Å². The van der Waals surface area contributed by atoms with Crippen molar-refractivity contribution < 1.29 is 19.4 Å². The van der Waals surface area contributed by atoms with Crippen molar-refractivity contribution >= 4 is 23.7 Å². The predicted molar refractivity (Wildman–Crippen MR) is 125 cm³/mol. The minimum atomic E-state index is -1.02. The molecule has 5 heteroatoms. The lowest BCUT2D eigenvalue weighted by Crippen LogP contribution is -2.08. The van der Waals surface area contributed by atoms with Crippen LogP contribution in [0.1, 0.15) is 53.3 Å². The van der Waals surface area contributed by atoms with Crippen LogP contribution >= 0.6 is 11.8 Å². The Morgan fingerprint density at radius 2 is 1.35 bits per heavy atom. The van der Waals surface area contributed by atoms with Gasteiger partial charge in [0, 0.05) is 4.90 Å². The summed E-state index contributed by atoms with van der Waals surface area (Å²) in [5.41, 5.74) is 2.71. The van der Waals surface area contributed by atoms with Crippen LogP contribution in [0.2, 0.25) is 0 Å². The summed E-state index contributed by atoms with van der Waals surface area (Å²) >= 11 is 1.89. The summed E-state index contributed by atoms with van der Waals surface area (Å²) in [6.45, 7) is 2.23. The highest BCUT2D eigenvalue weighted by atomic mass is 32.2. The number of carbonyl (C=O) groups is 2. The molecule has 3 aromatic carbocycles. The monoisotopic (exact) mass is 434 g/mol. The van der Waals surface area contributed by atoms with Gasteiger partial charge in [0.1, 0.15) is 5.75 Å². The Balaban J connectivity index is 1.56. The number of aromatic carboxylic acids is 1. The van der Waals surface area contributed by atoms with Crippen molar-refractivity contribution in [2.24, 2.45) is 0 Å². The van der Waals surface area contributed by atoms with Crippen LogP contribution in [0.15, 0.2) is 77.7 Å². The van der Waals surface area contributed by atoms with Crippen molar-refractivity contribution in [2.75, 3.05) is 5.75 Å².